The highest BCUT2D eigenvalue weighted by Crippen LogP contribution is 2.55. The third-order valence-electron chi connectivity index (χ3n) is 7.51. The van der Waals surface area contributed by atoms with E-state index in [1.165, 1.54) is 10.9 Å². The first-order valence-corrected chi connectivity index (χ1v) is 16.4. The smallest absolute Gasteiger partial charge is 0.465 e. The molecule has 4 aromatic rings. The van der Waals surface area contributed by atoms with E-state index in [9.17, 15) is 33.6 Å². The largest absolute Gasteiger partial charge is 0.527 e. The number of rotatable bonds is 2. The number of phosphoric acid groups is 2. The van der Waals surface area contributed by atoms with Crippen LogP contribution >= 0.6 is 15.6 Å². The normalized spacial score (nSPS) is 34.8. The summed E-state index contributed by atoms with van der Waals surface area (Å²) in [5, 5.41) is 11.2. The lowest BCUT2D eigenvalue weighted by Gasteiger charge is -2.26. The number of aromatic amines is 3. The Kier molecular flexibility index (Phi) is 7.29. The van der Waals surface area contributed by atoms with E-state index in [0.29, 0.717) is 0 Å². The fourth-order valence-corrected chi connectivity index (χ4v) is 7.48. The molecule has 7 heterocycles. The summed E-state index contributed by atoms with van der Waals surface area (Å²) in [6.45, 7) is 0.334. The standard InChI is InChI=1S/C21H25N11O13P2/c1-5-11-13(10(33)19(42-11)32-4-26-9-15(32)28-21(24)30-17(9)35)45-46(36,37)40-2-6-12(44-47(38,39)43-5)7(22)18(41-6)31-3-25-8-14(31)27-20(23)29-16(8)34/h3-4,6-7,10,12-13,18-19,33H,2,22H2,1H3,(H8,23,24,27,28,29,30,34,35,36,37,38,39)/p+1. The molecule has 2 saturated heterocycles. The lowest BCUT2D eigenvalue weighted by atomic mass is 10.1. The quantitative estimate of drug-likeness (QED) is 0.0752. The van der Waals surface area contributed by atoms with Crippen molar-refractivity contribution in [2.24, 2.45) is 5.73 Å². The molecule has 0 aromatic carbocycles. The Balaban J connectivity index is 1.23. The lowest BCUT2D eigenvalue weighted by Crippen LogP contribution is -2.50. The number of hydrogen-bond donors (Lipinski definition) is 9. The van der Waals surface area contributed by atoms with Crippen LogP contribution in [0, 0.1) is 0 Å². The summed E-state index contributed by atoms with van der Waals surface area (Å²) >= 11 is 0. The summed E-state index contributed by atoms with van der Waals surface area (Å²) in [6, 6.07) is -1.30. The van der Waals surface area contributed by atoms with Crippen molar-refractivity contribution >= 4 is 49.9 Å². The average Bonchev–Trinajstić information content (AvgIpc) is 3.72. The molecule has 4 aromatic heterocycles. The number of allylic oxidation sites excluding steroid dienone is 1. The Hall–Kier alpha value is -4.22. The van der Waals surface area contributed by atoms with Gasteiger partial charge in [-0.15, -0.1) is 0 Å². The number of ether oxygens (including phenoxy) is 2. The van der Waals surface area contributed by atoms with Crippen molar-refractivity contribution < 1.29 is 56.2 Å². The predicted octanol–water partition coefficient (Wildman–Crippen LogP) is -2.80. The molecule has 0 amide bonds. The number of nitrogens with zero attached hydrogens (tertiary/aromatic N) is 5. The molecule has 3 aliphatic rings. The molecule has 12 N–H and O–H groups in total. The van der Waals surface area contributed by atoms with Crippen molar-refractivity contribution in [3.63, 3.8) is 0 Å². The predicted molar refractivity (Wildman–Crippen MR) is 151 cm³/mol. The van der Waals surface area contributed by atoms with Crippen molar-refractivity contribution in [3.8, 4) is 0 Å². The van der Waals surface area contributed by atoms with Gasteiger partial charge in [0.05, 0.1) is 12.6 Å². The average molecular weight is 702 g/mol. The van der Waals surface area contributed by atoms with E-state index in [4.69, 9.17) is 44.8 Å². The SMILES string of the molecule is CC1=C2OC(n3cnc4c(=O)[nH]c(N)nc43)C(O)C2OP(=O)(O)OCC2OC([n+]3c[nH]c4c(=O)[nH]c(N)nc43)C(N)C2OP(=O)(O)O1. The van der Waals surface area contributed by atoms with E-state index >= 15 is 0 Å². The summed E-state index contributed by atoms with van der Waals surface area (Å²) in [7, 11) is -10.2. The Bertz CT molecular complexity index is 2160. The van der Waals surface area contributed by atoms with Gasteiger partial charge in [0, 0.05) is 0 Å². The number of aliphatic hydroxyl groups is 1. The first-order valence-electron chi connectivity index (χ1n) is 13.5. The molecule has 0 aliphatic carbocycles. The Morgan fingerprint density at radius 3 is 2.57 bits per heavy atom. The van der Waals surface area contributed by atoms with E-state index in [-0.39, 0.29) is 34.2 Å². The minimum atomic E-state index is -5.13. The molecule has 24 nitrogen and oxygen atoms in total. The Labute approximate surface area is 259 Å². The van der Waals surface area contributed by atoms with Crippen LogP contribution < -0.4 is 32.9 Å². The second-order valence-corrected chi connectivity index (χ2v) is 13.3. The molecule has 2 fully saturated rings. The Morgan fingerprint density at radius 2 is 1.81 bits per heavy atom. The third kappa shape index (κ3) is 5.39. The van der Waals surface area contributed by atoms with Gasteiger partial charge >= 0.3 is 21.3 Å². The number of phosphoric ester groups is 2. The molecule has 0 saturated carbocycles. The van der Waals surface area contributed by atoms with Crippen LogP contribution in [0.15, 0.2) is 33.8 Å². The fourth-order valence-electron chi connectivity index (χ4n) is 5.52. The van der Waals surface area contributed by atoms with E-state index in [1.54, 1.807) is 0 Å². The van der Waals surface area contributed by atoms with Gasteiger partial charge in [-0.05, 0) is 6.92 Å². The fraction of sp³-hybridized carbons (Fsp3) is 0.429. The van der Waals surface area contributed by atoms with Gasteiger partial charge in [0.1, 0.15) is 30.4 Å². The number of aromatic nitrogens is 8. The minimum absolute atomic E-state index is 0.00266. The lowest BCUT2D eigenvalue weighted by molar-refractivity contribution is -0.740. The molecular weight excluding hydrogens is 676 g/mol. The second kappa shape index (κ2) is 10.9. The van der Waals surface area contributed by atoms with Gasteiger partial charge in [0.15, 0.2) is 29.4 Å². The first-order chi connectivity index (χ1) is 22.1. The van der Waals surface area contributed by atoms with Gasteiger partial charge in [0.25, 0.3) is 17.1 Å². The van der Waals surface area contributed by atoms with Gasteiger partial charge < -0.3 is 41.2 Å². The van der Waals surface area contributed by atoms with Crippen molar-refractivity contribution in [2.75, 3.05) is 18.1 Å². The third-order valence-corrected chi connectivity index (χ3v) is 9.49. The van der Waals surface area contributed by atoms with Crippen LogP contribution in [0.2, 0.25) is 0 Å². The van der Waals surface area contributed by atoms with Crippen LogP contribution in [-0.2, 0) is 36.7 Å². The van der Waals surface area contributed by atoms with Crippen molar-refractivity contribution in [2.45, 2.75) is 49.8 Å². The zero-order valence-electron chi connectivity index (χ0n) is 23.7. The molecule has 252 valence electrons. The van der Waals surface area contributed by atoms with Crippen LogP contribution in [-0.4, -0.2) is 86.4 Å². The number of fused-ring (bicyclic) bond motifs is 4. The van der Waals surface area contributed by atoms with Gasteiger partial charge in [-0.3, -0.25) is 47.6 Å². The van der Waals surface area contributed by atoms with Crippen molar-refractivity contribution in [1.82, 2.24) is 34.5 Å². The molecule has 3 aliphatic heterocycles. The highest BCUT2D eigenvalue weighted by Gasteiger charge is 2.54. The number of H-pyrrole nitrogens is 3. The zero-order valence-corrected chi connectivity index (χ0v) is 25.5. The van der Waals surface area contributed by atoms with Crippen LogP contribution in [0.3, 0.4) is 0 Å². The number of nitrogen functional groups attached to an aromatic ring is 2. The van der Waals surface area contributed by atoms with E-state index in [0.717, 1.165) is 17.8 Å². The number of anilines is 2. The topological polar surface area (TPSA) is 357 Å². The Morgan fingerprint density at radius 1 is 1.09 bits per heavy atom. The number of nitrogens with two attached hydrogens (primary N) is 3. The maximum Gasteiger partial charge on any atom is 0.527 e. The summed E-state index contributed by atoms with van der Waals surface area (Å²) in [4.78, 5) is 65.3. The summed E-state index contributed by atoms with van der Waals surface area (Å²) in [6.07, 6.45) is -7.04. The van der Waals surface area contributed by atoms with Crippen LogP contribution in [0.5, 0.6) is 0 Å². The molecule has 9 atom stereocenters. The molecule has 9 unspecified atom stereocenters. The molecule has 26 heteroatoms. The number of hydrogen-bond acceptors (Lipinski definition) is 17. The van der Waals surface area contributed by atoms with Gasteiger partial charge in [-0.25, -0.2) is 18.7 Å². The maximum absolute atomic E-state index is 13.3. The second-order valence-electron chi connectivity index (χ2n) is 10.6. The van der Waals surface area contributed by atoms with Crippen LogP contribution in [0.25, 0.3) is 22.3 Å². The zero-order chi connectivity index (χ0) is 33.6. The number of imidazole rings is 2. The highest BCUT2D eigenvalue weighted by atomic mass is 31.2. The molecule has 0 bridgehead atoms. The molecule has 7 rings (SSSR count). The molecular formula is C21H26N11O13P2+. The number of nitrogens with one attached hydrogen (secondary N) is 3. The summed E-state index contributed by atoms with van der Waals surface area (Å²) in [5.41, 5.74) is 16.1. The van der Waals surface area contributed by atoms with Crippen molar-refractivity contribution in [3.05, 3.63) is 44.9 Å². The maximum atomic E-state index is 13.3. The highest BCUT2D eigenvalue weighted by molar-refractivity contribution is 7.47. The van der Waals surface area contributed by atoms with E-state index in [1.807, 2.05) is 0 Å². The number of aliphatic hydroxyl groups excluding tert-OH is 1. The van der Waals surface area contributed by atoms with Crippen LogP contribution in [0.4, 0.5) is 11.9 Å². The van der Waals surface area contributed by atoms with Gasteiger partial charge in [-0.2, -0.15) is 4.98 Å². The van der Waals surface area contributed by atoms with E-state index < -0.39 is 87.8 Å². The summed E-state index contributed by atoms with van der Waals surface area (Å²) < 4.78 is 61.7. The molecule has 0 spiro atoms. The minimum Gasteiger partial charge on any atom is -0.465 e. The summed E-state index contributed by atoms with van der Waals surface area (Å²) in [5.74, 6) is -1.53. The monoisotopic (exact) mass is 702 g/mol. The van der Waals surface area contributed by atoms with Gasteiger partial charge in [0.2, 0.25) is 23.9 Å². The van der Waals surface area contributed by atoms with E-state index in [2.05, 4.69) is 29.9 Å². The molecule has 0 radical (unpaired) electrons. The van der Waals surface area contributed by atoms with Gasteiger partial charge in [-0.1, -0.05) is 4.98 Å². The molecule has 47 heavy (non-hydrogen) atoms. The van der Waals surface area contributed by atoms with Crippen LogP contribution in [0.1, 0.15) is 19.4 Å². The van der Waals surface area contributed by atoms with Crippen molar-refractivity contribution in [1.29, 1.82) is 0 Å². The first kappa shape index (κ1) is 31.4.